The minimum Gasteiger partial charge on any atom is -0.376 e. The van der Waals surface area contributed by atoms with Crippen LogP contribution in [-0.4, -0.2) is 31.6 Å². The van der Waals surface area contributed by atoms with E-state index in [9.17, 15) is 13.2 Å². The van der Waals surface area contributed by atoms with E-state index in [0.29, 0.717) is 6.42 Å². The molecule has 0 amide bonds. The predicted molar refractivity (Wildman–Crippen MR) is 40.4 cm³/mol. The number of ether oxygens (including phenoxy) is 2. The number of hydrogen-bond donors (Lipinski definition) is 0. The van der Waals surface area contributed by atoms with E-state index in [4.69, 9.17) is 4.74 Å². The van der Waals surface area contributed by atoms with E-state index in [0.717, 1.165) is 6.42 Å². The van der Waals surface area contributed by atoms with Crippen LogP contribution in [0.3, 0.4) is 0 Å². The summed E-state index contributed by atoms with van der Waals surface area (Å²) < 4.78 is 45.0. The lowest BCUT2D eigenvalue weighted by molar-refractivity contribution is -0.198. The molecule has 1 unspecified atom stereocenters. The second-order valence-electron chi connectivity index (χ2n) is 3.27. The van der Waals surface area contributed by atoms with Gasteiger partial charge >= 0.3 is 6.18 Å². The molecule has 1 aliphatic rings. The summed E-state index contributed by atoms with van der Waals surface area (Å²) >= 11 is 0. The van der Waals surface area contributed by atoms with Crippen LogP contribution in [0.25, 0.3) is 0 Å². The van der Waals surface area contributed by atoms with Gasteiger partial charge in [-0.2, -0.15) is 13.2 Å². The smallest absolute Gasteiger partial charge is 0.376 e. The van der Waals surface area contributed by atoms with Crippen LogP contribution in [-0.2, 0) is 9.47 Å². The predicted octanol–water partition coefficient (Wildman–Crippen LogP) is 2.13. The number of alkyl halides is 3. The summed E-state index contributed by atoms with van der Waals surface area (Å²) in [6, 6.07) is 0. The van der Waals surface area contributed by atoms with Crippen LogP contribution in [0, 0.1) is 0 Å². The third kappa shape index (κ3) is 4.47. The molecule has 0 aromatic heterocycles. The molecule has 0 bridgehead atoms. The second-order valence-corrected chi connectivity index (χ2v) is 3.27. The van der Waals surface area contributed by atoms with Crippen molar-refractivity contribution in [2.24, 2.45) is 0 Å². The number of rotatable bonds is 2. The van der Waals surface area contributed by atoms with Crippen LogP contribution in [0.5, 0.6) is 0 Å². The summed E-state index contributed by atoms with van der Waals surface area (Å²) in [4.78, 5) is 0. The van der Waals surface area contributed by atoms with Crippen molar-refractivity contribution in [3.05, 3.63) is 0 Å². The molecule has 2 nitrogen and oxygen atoms in total. The molecule has 0 radical (unpaired) electrons. The molecule has 1 aliphatic heterocycles. The van der Waals surface area contributed by atoms with Gasteiger partial charge in [0.15, 0.2) is 0 Å². The van der Waals surface area contributed by atoms with Crippen molar-refractivity contribution >= 4 is 0 Å². The zero-order valence-electron chi connectivity index (χ0n) is 7.43. The standard InChI is InChI=1S/C8H13F3O2/c1-6-2-3-7(4-12-6)13-5-8(9,10)11/h6-7H,2-5H2,1H3/t6-,7?/m0/s1. The summed E-state index contributed by atoms with van der Waals surface area (Å²) in [7, 11) is 0. The molecule has 0 aromatic rings. The highest BCUT2D eigenvalue weighted by molar-refractivity contribution is 4.67. The summed E-state index contributed by atoms with van der Waals surface area (Å²) in [5.74, 6) is 0. The van der Waals surface area contributed by atoms with Gasteiger partial charge in [-0.25, -0.2) is 0 Å². The molecular formula is C8H13F3O2. The third-order valence-corrected chi connectivity index (χ3v) is 1.94. The van der Waals surface area contributed by atoms with Crippen LogP contribution in [0.1, 0.15) is 19.8 Å². The van der Waals surface area contributed by atoms with Crippen LogP contribution >= 0.6 is 0 Å². The molecule has 0 saturated carbocycles. The zero-order valence-corrected chi connectivity index (χ0v) is 7.43. The SMILES string of the molecule is C[C@H]1CCC(OCC(F)(F)F)CO1. The first-order valence-corrected chi connectivity index (χ1v) is 4.27. The van der Waals surface area contributed by atoms with Crippen molar-refractivity contribution in [1.82, 2.24) is 0 Å². The van der Waals surface area contributed by atoms with Gasteiger partial charge in [0.1, 0.15) is 6.61 Å². The van der Waals surface area contributed by atoms with Crippen molar-refractivity contribution < 1.29 is 22.6 Å². The van der Waals surface area contributed by atoms with Gasteiger partial charge in [0.05, 0.1) is 18.8 Å². The Kier molecular flexibility index (Phi) is 3.55. The van der Waals surface area contributed by atoms with E-state index in [2.05, 4.69) is 4.74 Å². The van der Waals surface area contributed by atoms with E-state index in [-0.39, 0.29) is 12.7 Å². The number of halogens is 3. The summed E-state index contributed by atoms with van der Waals surface area (Å²) in [6.45, 7) is 1.01. The van der Waals surface area contributed by atoms with Crippen LogP contribution in [0.15, 0.2) is 0 Å². The van der Waals surface area contributed by atoms with E-state index in [1.165, 1.54) is 0 Å². The molecule has 1 rings (SSSR count). The van der Waals surface area contributed by atoms with Gasteiger partial charge in [-0.15, -0.1) is 0 Å². The Hall–Kier alpha value is -0.290. The normalized spacial score (nSPS) is 30.5. The minimum atomic E-state index is -4.23. The molecule has 1 saturated heterocycles. The molecule has 78 valence electrons. The van der Waals surface area contributed by atoms with Crippen molar-refractivity contribution in [2.75, 3.05) is 13.2 Å². The lowest BCUT2D eigenvalue weighted by Gasteiger charge is -2.27. The maximum Gasteiger partial charge on any atom is 0.411 e. The van der Waals surface area contributed by atoms with Gasteiger partial charge in [-0.05, 0) is 19.8 Å². The quantitative estimate of drug-likeness (QED) is 0.676. The average Bonchev–Trinajstić information content (AvgIpc) is 2.02. The van der Waals surface area contributed by atoms with Crippen LogP contribution in [0.4, 0.5) is 13.2 Å². The molecule has 5 heteroatoms. The van der Waals surface area contributed by atoms with E-state index in [1.54, 1.807) is 0 Å². The molecule has 0 aromatic carbocycles. The van der Waals surface area contributed by atoms with E-state index >= 15 is 0 Å². The Morgan fingerprint density at radius 2 is 2.08 bits per heavy atom. The van der Waals surface area contributed by atoms with Gasteiger partial charge in [-0.1, -0.05) is 0 Å². The lowest BCUT2D eigenvalue weighted by atomic mass is 10.1. The largest absolute Gasteiger partial charge is 0.411 e. The summed E-state index contributed by atoms with van der Waals surface area (Å²) in [6.07, 6.45) is -3.06. The first kappa shape index (κ1) is 10.8. The van der Waals surface area contributed by atoms with Crippen LogP contribution < -0.4 is 0 Å². The van der Waals surface area contributed by atoms with Crippen molar-refractivity contribution in [3.63, 3.8) is 0 Å². The molecule has 0 N–H and O–H groups in total. The zero-order chi connectivity index (χ0) is 9.90. The molecule has 0 spiro atoms. The van der Waals surface area contributed by atoms with Gasteiger partial charge in [-0.3, -0.25) is 0 Å². The van der Waals surface area contributed by atoms with Crippen molar-refractivity contribution in [2.45, 2.75) is 38.1 Å². The van der Waals surface area contributed by atoms with Gasteiger partial charge in [0.2, 0.25) is 0 Å². The molecular weight excluding hydrogens is 185 g/mol. The fraction of sp³-hybridized carbons (Fsp3) is 1.00. The highest BCUT2D eigenvalue weighted by Crippen LogP contribution is 2.20. The first-order chi connectivity index (χ1) is 5.97. The van der Waals surface area contributed by atoms with Gasteiger partial charge in [0, 0.05) is 0 Å². The van der Waals surface area contributed by atoms with E-state index < -0.39 is 18.9 Å². The highest BCUT2D eigenvalue weighted by atomic mass is 19.4. The van der Waals surface area contributed by atoms with Crippen molar-refractivity contribution in [1.29, 1.82) is 0 Å². The lowest BCUT2D eigenvalue weighted by Crippen LogP contribution is -2.32. The monoisotopic (exact) mass is 198 g/mol. The Morgan fingerprint density at radius 1 is 1.38 bits per heavy atom. The Balaban J connectivity index is 2.16. The van der Waals surface area contributed by atoms with E-state index in [1.807, 2.05) is 6.92 Å². The van der Waals surface area contributed by atoms with Crippen LogP contribution in [0.2, 0.25) is 0 Å². The Bertz CT molecular complexity index is 150. The fourth-order valence-electron chi connectivity index (χ4n) is 1.20. The third-order valence-electron chi connectivity index (χ3n) is 1.94. The average molecular weight is 198 g/mol. The van der Waals surface area contributed by atoms with Gasteiger partial charge in [0.25, 0.3) is 0 Å². The summed E-state index contributed by atoms with van der Waals surface area (Å²) in [5.41, 5.74) is 0. The molecule has 2 atom stereocenters. The highest BCUT2D eigenvalue weighted by Gasteiger charge is 2.30. The fourth-order valence-corrected chi connectivity index (χ4v) is 1.20. The maximum absolute atomic E-state index is 11.7. The minimum absolute atomic E-state index is 0.144. The Morgan fingerprint density at radius 3 is 2.54 bits per heavy atom. The first-order valence-electron chi connectivity index (χ1n) is 4.27. The topological polar surface area (TPSA) is 18.5 Å². The maximum atomic E-state index is 11.7. The molecule has 1 fully saturated rings. The molecule has 1 heterocycles. The second kappa shape index (κ2) is 4.28. The summed E-state index contributed by atoms with van der Waals surface area (Å²) in [5, 5.41) is 0. The molecule has 13 heavy (non-hydrogen) atoms. The van der Waals surface area contributed by atoms with Crippen molar-refractivity contribution in [3.8, 4) is 0 Å². The molecule has 0 aliphatic carbocycles. The Labute approximate surface area is 75.0 Å². The number of hydrogen-bond acceptors (Lipinski definition) is 2. The van der Waals surface area contributed by atoms with Gasteiger partial charge < -0.3 is 9.47 Å².